The topological polar surface area (TPSA) is 42.9 Å². The van der Waals surface area contributed by atoms with Crippen molar-refractivity contribution in [3.05, 3.63) is 35.1 Å². The van der Waals surface area contributed by atoms with Gasteiger partial charge < -0.3 is 20.4 Å². The van der Waals surface area contributed by atoms with Crippen LogP contribution in [0.3, 0.4) is 0 Å². The second-order valence-corrected chi connectivity index (χ2v) is 7.81. The fraction of sp³-hybridized carbons (Fsp3) is 0.682. The number of rotatable bonds is 9. The van der Waals surface area contributed by atoms with Gasteiger partial charge in [-0.1, -0.05) is 19.9 Å². The number of hydrogen-bond donors (Lipinski definition) is 2. The van der Waals surface area contributed by atoms with Crippen LogP contribution in [-0.4, -0.2) is 74.7 Å². The zero-order valence-electron chi connectivity index (χ0n) is 18.5. The average molecular weight is 519 g/mol. The summed E-state index contributed by atoms with van der Waals surface area (Å²) in [6.45, 7) is 17.9. The van der Waals surface area contributed by atoms with Crippen molar-refractivity contribution in [3.63, 3.8) is 0 Å². The zero-order chi connectivity index (χ0) is 20.4. The van der Waals surface area contributed by atoms with Crippen molar-refractivity contribution < 1.29 is 4.39 Å². The molecule has 1 aromatic rings. The Morgan fingerprint density at radius 2 is 1.83 bits per heavy atom. The zero-order valence-corrected chi connectivity index (χ0v) is 20.8. The van der Waals surface area contributed by atoms with Crippen molar-refractivity contribution in [1.29, 1.82) is 0 Å². The van der Waals surface area contributed by atoms with Crippen LogP contribution in [-0.2, 0) is 6.42 Å². The van der Waals surface area contributed by atoms with E-state index in [1.54, 1.807) is 6.07 Å². The Balaban J connectivity index is 0.00000420. The van der Waals surface area contributed by atoms with E-state index in [1.165, 1.54) is 24.7 Å². The lowest BCUT2D eigenvalue weighted by Crippen LogP contribution is -2.47. The molecular formula is C22H39FIN5. The molecule has 0 saturated carbocycles. The maximum Gasteiger partial charge on any atom is 0.191 e. The van der Waals surface area contributed by atoms with E-state index in [2.05, 4.69) is 41.2 Å². The van der Waals surface area contributed by atoms with Crippen LogP contribution in [0.5, 0.6) is 0 Å². The van der Waals surface area contributed by atoms with Gasteiger partial charge in [0.1, 0.15) is 5.82 Å². The molecule has 1 aliphatic rings. The molecule has 0 aromatic heterocycles. The molecule has 5 nitrogen and oxygen atoms in total. The smallest absolute Gasteiger partial charge is 0.191 e. The summed E-state index contributed by atoms with van der Waals surface area (Å²) in [6, 6.07) is 5.00. The second kappa shape index (κ2) is 14.1. The first kappa shape index (κ1) is 26.1. The Labute approximate surface area is 193 Å². The maximum absolute atomic E-state index is 13.2. The number of nitrogens with zero attached hydrogens (tertiary/aromatic N) is 3. The van der Waals surface area contributed by atoms with Crippen molar-refractivity contribution >= 4 is 29.9 Å². The van der Waals surface area contributed by atoms with E-state index in [-0.39, 0.29) is 29.8 Å². The maximum atomic E-state index is 13.2. The number of aryl methyl sites for hydroxylation is 1. The van der Waals surface area contributed by atoms with E-state index in [1.807, 2.05) is 13.0 Å². The van der Waals surface area contributed by atoms with Crippen LogP contribution in [0.2, 0.25) is 0 Å². The number of nitrogens with one attached hydrogen (secondary N) is 2. The third-order valence-electron chi connectivity index (χ3n) is 5.38. The fourth-order valence-corrected chi connectivity index (χ4v) is 3.63. The number of aliphatic imine (C=N–C) groups is 1. The summed E-state index contributed by atoms with van der Waals surface area (Å²) in [5.41, 5.74) is 2.17. The molecule has 1 atom stereocenters. The summed E-state index contributed by atoms with van der Waals surface area (Å²) in [5.74, 6) is 1.22. The number of halogens is 2. The Kier molecular flexibility index (Phi) is 12.7. The van der Waals surface area contributed by atoms with Gasteiger partial charge in [-0.2, -0.15) is 0 Å². The Morgan fingerprint density at radius 3 is 2.45 bits per heavy atom. The van der Waals surface area contributed by atoms with Gasteiger partial charge in [-0.25, -0.2) is 4.39 Å². The molecule has 1 aromatic carbocycles. The van der Waals surface area contributed by atoms with Crippen LogP contribution in [0.15, 0.2) is 23.2 Å². The minimum absolute atomic E-state index is 0. The van der Waals surface area contributed by atoms with E-state index in [0.717, 1.165) is 63.8 Å². The van der Waals surface area contributed by atoms with Crippen LogP contribution < -0.4 is 10.6 Å². The number of likely N-dealkylation sites (N-methyl/N-ethyl adjacent to an activating group) is 1. The fourth-order valence-electron chi connectivity index (χ4n) is 3.63. The third-order valence-corrected chi connectivity index (χ3v) is 5.38. The first-order valence-electron chi connectivity index (χ1n) is 10.7. The number of guanidine groups is 1. The molecule has 166 valence electrons. The van der Waals surface area contributed by atoms with Crippen LogP contribution >= 0.6 is 24.0 Å². The highest BCUT2D eigenvalue weighted by Crippen LogP contribution is 2.10. The highest BCUT2D eigenvalue weighted by Gasteiger charge is 2.17. The number of hydrogen-bond acceptors (Lipinski definition) is 3. The molecular weight excluding hydrogens is 480 g/mol. The van der Waals surface area contributed by atoms with Crippen molar-refractivity contribution in [2.24, 2.45) is 10.9 Å². The van der Waals surface area contributed by atoms with Gasteiger partial charge in [0, 0.05) is 52.4 Å². The van der Waals surface area contributed by atoms with Crippen molar-refractivity contribution in [1.82, 2.24) is 20.4 Å². The molecule has 0 radical (unpaired) electrons. The van der Waals surface area contributed by atoms with Gasteiger partial charge in [0.2, 0.25) is 0 Å². The Bertz CT molecular complexity index is 617. The van der Waals surface area contributed by atoms with Crippen LogP contribution in [0.4, 0.5) is 4.39 Å². The molecule has 0 amide bonds. The molecule has 1 fully saturated rings. The summed E-state index contributed by atoms with van der Waals surface area (Å²) in [6.07, 6.45) is 0.855. The molecule has 1 saturated heterocycles. The molecule has 0 aliphatic carbocycles. The van der Waals surface area contributed by atoms with Gasteiger partial charge in [-0.15, -0.1) is 24.0 Å². The molecule has 0 spiro atoms. The lowest BCUT2D eigenvalue weighted by molar-refractivity contribution is 0.125. The summed E-state index contributed by atoms with van der Waals surface area (Å²) in [4.78, 5) is 9.84. The van der Waals surface area contributed by atoms with E-state index in [4.69, 9.17) is 4.99 Å². The number of piperazine rings is 1. The van der Waals surface area contributed by atoms with E-state index in [0.29, 0.717) is 5.92 Å². The standard InChI is InChI=1S/C22H38FN5.HI/c1-5-24-22(25-10-9-20-7-8-21(23)15-19(20)4)26-16-18(3)17-28-13-11-27(6-2)12-14-28;/h7-8,15,18H,5-6,9-14,16-17H2,1-4H3,(H2,24,25,26);1H. The molecule has 7 heteroatoms. The average Bonchev–Trinajstić information content (AvgIpc) is 2.68. The van der Waals surface area contributed by atoms with Gasteiger partial charge >= 0.3 is 0 Å². The first-order chi connectivity index (χ1) is 13.5. The summed E-state index contributed by atoms with van der Waals surface area (Å²) >= 11 is 0. The minimum atomic E-state index is -0.172. The van der Waals surface area contributed by atoms with Crippen molar-refractivity contribution in [3.8, 4) is 0 Å². The SMILES string of the molecule is CCNC(=NCC(C)CN1CCN(CC)CC1)NCCc1ccc(F)cc1C.I. The van der Waals surface area contributed by atoms with Crippen molar-refractivity contribution in [2.75, 3.05) is 58.9 Å². The highest BCUT2D eigenvalue weighted by molar-refractivity contribution is 14.0. The van der Waals surface area contributed by atoms with Gasteiger partial charge in [0.15, 0.2) is 5.96 Å². The summed E-state index contributed by atoms with van der Waals surface area (Å²) in [5, 5.41) is 6.73. The first-order valence-corrected chi connectivity index (χ1v) is 10.7. The third kappa shape index (κ3) is 9.61. The second-order valence-electron chi connectivity index (χ2n) is 7.81. The lowest BCUT2D eigenvalue weighted by atomic mass is 10.1. The molecule has 2 N–H and O–H groups in total. The molecule has 0 bridgehead atoms. The summed E-state index contributed by atoms with van der Waals surface area (Å²) in [7, 11) is 0. The van der Waals surface area contributed by atoms with E-state index >= 15 is 0 Å². The number of benzene rings is 1. The normalized spacial score (nSPS) is 16.9. The van der Waals surface area contributed by atoms with Gasteiger partial charge in [-0.05, 0) is 56.0 Å². The molecule has 29 heavy (non-hydrogen) atoms. The van der Waals surface area contributed by atoms with E-state index in [9.17, 15) is 4.39 Å². The highest BCUT2D eigenvalue weighted by atomic mass is 127. The molecule has 1 aliphatic heterocycles. The van der Waals surface area contributed by atoms with Crippen LogP contribution in [0.25, 0.3) is 0 Å². The Morgan fingerprint density at radius 1 is 1.14 bits per heavy atom. The largest absolute Gasteiger partial charge is 0.357 e. The molecule has 1 heterocycles. The predicted molar refractivity (Wildman–Crippen MR) is 132 cm³/mol. The van der Waals surface area contributed by atoms with Gasteiger partial charge in [0.25, 0.3) is 0 Å². The molecule has 1 unspecified atom stereocenters. The quantitative estimate of drug-likeness (QED) is 0.299. The minimum Gasteiger partial charge on any atom is -0.357 e. The monoisotopic (exact) mass is 519 g/mol. The Hall–Kier alpha value is -0.930. The van der Waals surface area contributed by atoms with Crippen molar-refractivity contribution in [2.45, 2.75) is 34.1 Å². The predicted octanol–water partition coefficient (Wildman–Crippen LogP) is 3.12. The van der Waals surface area contributed by atoms with Crippen LogP contribution in [0, 0.1) is 18.7 Å². The van der Waals surface area contributed by atoms with Crippen LogP contribution in [0.1, 0.15) is 31.9 Å². The van der Waals surface area contributed by atoms with Gasteiger partial charge in [0.05, 0.1) is 0 Å². The van der Waals surface area contributed by atoms with Gasteiger partial charge in [-0.3, -0.25) is 4.99 Å². The van der Waals surface area contributed by atoms with E-state index < -0.39 is 0 Å². The lowest BCUT2D eigenvalue weighted by Gasteiger charge is -2.35. The summed E-state index contributed by atoms with van der Waals surface area (Å²) < 4.78 is 13.2. The molecule has 2 rings (SSSR count).